The monoisotopic (exact) mass is 465 g/mol. The van der Waals surface area contributed by atoms with Crippen molar-refractivity contribution in [1.82, 2.24) is 15.8 Å². The largest absolute Gasteiger partial charge is 0.478 e. The molecule has 0 saturated heterocycles. The summed E-state index contributed by atoms with van der Waals surface area (Å²) in [6, 6.07) is 16.4. The molecule has 0 unspecified atom stereocenters. The van der Waals surface area contributed by atoms with Crippen LogP contribution >= 0.6 is 0 Å². The molecule has 0 radical (unpaired) electrons. The maximum atomic E-state index is 11.0. The van der Waals surface area contributed by atoms with Crippen molar-refractivity contribution >= 4 is 34.8 Å². The molecule has 0 aliphatic heterocycles. The van der Waals surface area contributed by atoms with E-state index < -0.39 is 17.8 Å². The molecule has 2 aromatic carbocycles. The summed E-state index contributed by atoms with van der Waals surface area (Å²) in [7, 11) is 0. The highest BCUT2D eigenvalue weighted by atomic mass is 16.5. The van der Waals surface area contributed by atoms with E-state index in [-0.39, 0.29) is 0 Å². The smallest absolute Gasteiger partial charge is 0.328 e. The van der Waals surface area contributed by atoms with Gasteiger partial charge in [-0.3, -0.25) is 10.0 Å². The van der Waals surface area contributed by atoms with Crippen LogP contribution in [-0.4, -0.2) is 44.8 Å². The number of amides is 1. The lowest BCUT2D eigenvalue weighted by Crippen LogP contribution is -2.16. The number of aliphatic carboxylic acids is 2. The van der Waals surface area contributed by atoms with Crippen LogP contribution in [0.1, 0.15) is 22.4 Å². The van der Waals surface area contributed by atoms with Gasteiger partial charge in [0.2, 0.25) is 0 Å². The van der Waals surface area contributed by atoms with Crippen LogP contribution in [0.2, 0.25) is 0 Å². The lowest BCUT2D eigenvalue weighted by molar-refractivity contribution is -0.134. The fourth-order valence-corrected chi connectivity index (χ4v) is 3.20. The number of hydrogen-bond donors (Lipinski definition) is 6. The third-order valence-corrected chi connectivity index (χ3v) is 4.79. The van der Waals surface area contributed by atoms with Crippen molar-refractivity contribution < 1.29 is 29.8 Å². The van der Waals surface area contributed by atoms with E-state index in [9.17, 15) is 14.4 Å². The van der Waals surface area contributed by atoms with Crippen LogP contribution in [0.3, 0.4) is 0 Å². The number of aromatic nitrogens is 1. The average Bonchev–Trinajstić information content (AvgIpc) is 3.15. The number of benzene rings is 2. The van der Waals surface area contributed by atoms with Gasteiger partial charge in [0.1, 0.15) is 0 Å². The second-order valence-corrected chi connectivity index (χ2v) is 7.26. The molecule has 178 valence electrons. The van der Waals surface area contributed by atoms with Gasteiger partial charge in [-0.25, -0.2) is 15.1 Å². The summed E-state index contributed by atoms with van der Waals surface area (Å²) in [5.74, 6) is -3.05. The predicted octanol–water partition coefficient (Wildman–Crippen LogP) is 3.04. The molecule has 34 heavy (non-hydrogen) atoms. The van der Waals surface area contributed by atoms with E-state index in [2.05, 4.69) is 41.5 Å². The molecule has 0 bridgehead atoms. The second kappa shape index (κ2) is 13.4. The Morgan fingerprint density at radius 2 is 1.59 bits per heavy atom. The van der Waals surface area contributed by atoms with Crippen molar-refractivity contribution in [3.8, 4) is 0 Å². The van der Waals surface area contributed by atoms with Gasteiger partial charge in [-0.05, 0) is 48.7 Å². The summed E-state index contributed by atoms with van der Waals surface area (Å²) < 4.78 is 0. The Hall–Kier alpha value is -4.21. The first kappa shape index (κ1) is 26.0. The molecule has 1 heterocycles. The fourth-order valence-electron chi connectivity index (χ4n) is 3.20. The molecule has 0 aliphatic carbocycles. The Bertz CT molecular complexity index is 1160. The molecular weight excluding hydrogens is 438 g/mol. The van der Waals surface area contributed by atoms with E-state index >= 15 is 0 Å². The molecule has 3 rings (SSSR count). The lowest BCUT2D eigenvalue weighted by atomic mass is 10.1. The maximum absolute atomic E-state index is 11.0. The van der Waals surface area contributed by atoms with Crippen LogP contribution in [0.4, 0.5) is 0 Å². The molecule has 0 aliphatic rings. The Balaban J connectivity index is 0.000000440. The molecule has 9 heteroatoms. The summed E-state index contributed by atoms with van der Waals surface area (Å²) in [6.45, 7) is 3.82. The van der Waals surface area contributed by atoms with E-state index in [1.807, 2.05) is 24.3 Å². The van der Waals surface area contributed by atoms with Crippen molar-refractivity contribution in [2.45, 2.75) is 19.9 Å². The quantitative estimate of drug-likeness (QED) is 0.123. The Morgan fingerprint density at radius 3 is 2.21 bits per heavy atom. The summed E-state index contributed by atoms with van der Waals surface area (Å²) in [6.07, 6.45) is 5.04. The SMILES string of the molecule is Cc1[nH]c2ccccc2c1CCNCc1ccc(/C=C/C(=O)NO)cc1.O=C(O)/C=C/C(=O)O. The van der Waals surface area contributed by atoms with Crippen molar-refractivity contribution in [2.24, 2.45) is 0 Å². The minimum Gasteiger partial charge on any atom is -0.478 e. The minimum absolute atomic E-state index is 0.539. The number of aryl methyl sites for hydroxylation is 1. The van der Waals surface area contributed by atoms with E-state index in [1.165, 1.54) is 33.8 Å². The lowest BCUT2D eigenvalue weighted by Gasteiger charge is -2.06. The van der Waals surface area contributed by atoms with Crippen molar-refractivity contribution in [3.63, 3.8) is 0 Å². The minimum atomic E-state index is -1.26. The highest BCUT2D eigenvalue weighted by Gasteiger charge is 2.07. The maximum Gasteiger partial charge on any atom is 0.328 e. The van der Waals surface area contributed by atoms with Gasteiger partial charge in [0, 0.05) is 41.4 Å². The molecule has 0 saturated carbocycles. The first-order valence-electron chi connectivity index (χ1n) is 10.4. The number of nitrogens with one attached hydrogen (secondary N) is 3. The predicted molar refractivity (Wildman–Crippen MR) is 128 cm³/mol. The van der Waals surface area contributed by atoms with Gasteiger partial charge in [0.15, 0.2) is 0 Å². The number of aromatic amines is 1. The molecule has 1 amide bonds. The van der Waals surface area contributed by atoms with Crippen LogP contribution in [0, 0.1) is 6.92 Å². The Kier molecular flexibility index (Phi) is 10.2. The molecular formula is C25H27N3O6. The number of hydroxylamine groups is 1. The zero-order valence-corrected chi connectivity index (χ0v) is 18.6. The number of hydrogen-bond acceptors (Lipinski definition) is 5. The van der Waals surface area contributed by atoms with Crippen molar-refractivity contribution in [1.29, 1.82) is 0 Å². The average molecular weight is 466 g/mol. The fraction of sp³-hybridized carbons (Fsp3) is 0.160. The number of carbonyl (C=O) groups excluding carboxylic acids is 1. The molecule has 6 N–H and O–H groups in total. The first-order valence-corrected chi connectivity index (χ1v) is 10.4. The van der Waals surface area contributed by atoms with Crippen LogP contribution in [-0.2, 0) is 27.3 Å². The molecule has 1 aromatic heterocycles. The number of carboxylic acids is 2. The highest BCUT2D eigenvalue weighted by molar-refractivity contribution is 5.91. The Morgan fingerprint density at radius 1 is 0.941 bits per heavy atom. The molecule has 0 spiro atoms. The van der Waals surface area contributed by atoms with E-state index in [1.54, 1.807) is 11.6 Å². The Labute approximate surface area is 196 Å². The van der Waals surface area contributed by atoms with Crippen molar-refractivity contribution in [3.05, 3.63) is 89.1 Å². The number of rotatable bonds is 9. The second-order valence-electron chi connectivity index (χ2n) is 7.26. The van der Waals surface area contributed by atoms with Gasteiger partial charge >= 0.3 is 11.9 Å². The normalized spacial score (nSPS) is 10.9. The number of para-hydroxylation sites is 1. The van der Waals surface area contributed by atoms with Crippen molar-refractivity contribution in [2.75, 3.05) is 6.54 Å². The summed E-state index contributed by atoms with van der Waals surface area (Å²) >= 11 is 0. The van der Waals surface area contributed by atoms with E-state index in [4.69, 9.17) is 15.4 Å². The van der Waals surface area contributed by atoms with Crippen LogP contribution in [0.15, 0.2) is 66.8 Å². The third-order valence-electron chi connectivity index (χ3n) is 4.79. The molecule has 9 nitrogen and oxygen atoms in total. The number of carboxylic acid groups (broad SMARTS) is 2. The number of fused-ring (bicyclic) bond motifs is 1. The van der Waals surface area contributed by atoms with Crippen LogP contribution in [0.25, 0.3) is 17.0 Å². The van der Waals surface area contributed by atoms with Gasteiger partial charge in [-0.15, -0.1) is 0 Å². The van der Waals surface area contributed by atoms with Gasteiger partial charge in [0.05, 0.1) is 0 Å². The first-order chi connectivity index (χ1) is 16.3. The molecule has 0 atom stereocenters. The highest BCUT2D eigenvalue weighted by Crippen LogP contribution is 2.21. The van der Waals surface area contributed by atoms with E-state index in [0.717, 1.165) is 25.1 Å². The topological polar surface area (TPSA) is 152 Å². The zero-order chi connectivity index (χ0) is 24.9. The molecule has 0 fully saturated rings. The van der Waals surface area contributed by atoms with E-state index in [0.29, 0.717) is 12.2 Å². The van der Waals surface area contributed by atoms with Crippen LogP contribution in [0.5, 0.6) is 0 Å². The number of carbonyl (C=O) groups is 3. The van der Waals surface area contributed by atoms with Gasteiger partial charge in [-0.2, -0.15) is 0 Å². The summed E-state index contributed by atoms with van der Waals surface area (Å²) in [4.78, 5) is 33.5. The standard InChI is InChI=1S/C21H23N3O2.C4H4O4/c1-15-18(19-4-2-3-5-20(19)23-15)12-13-22-14-17-8-6-16(7-9-17)10-11-21(25)24-26;5-3(6)1-2-4(7)8/h2-11,22-23,26H,12-14H2,1H3,(H,24,25);1-2H,(H,5,6)(H,7,8)/b11-10+;2-1+. The van der Waals surface area contributed by atoms with Gasteiger partial charge < -0.3 is 20.5 Å². The third kappa shape index (κ3) is 8.73. The summed E-state index contributed by atoms with van der Waals surface area (Å²) in [5.41, 5.74) is 7.46. The van der Waals surface area contributed by atoms with Gasteiger partial charge in [0.25, 0.3) is 5.91 Å². The van der Waals surface area contributed by atoms with Crippen LogP contribution < -0.4 is 10.8 Å². The number of H-pyrrole nitrogens is 1. The summed E-state index contributed by atoms with van der Waals surface area (Å²) in [5, 5.41) is 28.9. The molecule has 3 aromatic rings. The van der Waals surface area contributed by atoms with Gasteiger partial charge in [-0.1, -0.05) is 42.5 Å². The zero-order valence-electron chi connectivity index (χ0n) is 18.6.